The predicted molar refractivity (Wildman–Crippen MR) is 86.1 cm³/mol. The minimum Gasteiger partial charge on any atom is -0.327 e. The van der Waals surface area contributed by atoms with Crippen molar-refractivity contribution in [2.45, 2.75) is 32.7 Å². The second kappa shape index (κ2) is 8.15. The number of hydrogen-bond acceptors (Lipinski definition) is 3. The number of rotatable bonds is 8. The Labute approximate surface area is 128 Å². The molecular weight excluding hydrogens is 262 g/mol. The highest BCUT2D eigenvalue weighted by molar-refractivity contribution is 5.83. The molecule has 0 radical (unpaired) electrons. The quantitative estimate of drug-likeness (QED) is 0.791. The van der Waals surface area contributed by atoms with Gasteiger partial charge in [-0.1, -0.05) is 44.2 Å². The highest BCUT2D eigenvalue weighted by Gasteiger charge is 2.30. The first-order chi connectivity index (χ1) is 10.2. The van der Waals surface area contributed by atoms with Gasteiger partial charge in [-0.3, -0.25) is 10.1 Å². The van der Waals surface area contributed by atoms with Crippen LogP contribution < -0.4 is 5.32 Å². The molecule has 1 saturated heterocycles. The number of nitrogens with one attached hydrogen (secondary N) is 1. The van der Waals surface area contributed by atoms with Crippen molar-refractivity contribution < 1.29 is 4.79 Å². The Morgan fingerprint density at radius 2 is 1.95 bits per heavy atom. The summed E-state index contributed by atoms with van der Waals surface area (Å²) >= 11 is 0. The molecule has 1 heterocycles. The Balaban J connectivity index is 1.76. The van der Waals surface area contributed by atoms with Crippen molar-refractivity contribution in [3.63, 3.8) is 0 Å². The minimum atomic E-state index is -0.0121. The Bertz CT molecular complexity index is 431. The summed E-state index contributed by atoms with van der Waals surface area (Å²) in [6.45, 7) is 8.90. The van der Waals surface area contributed by atoms with Crippen LogP contribution in [0.15, 0.2) is 30.3 Å². The molecule has 4 nitrogen and oxygen atoms in total. The van der Waals surface area contributed by atoms with Gasteiger partial charge in [0.1, 0.15) is 0 Å². The first kappa shape index (κ1) is 16.0. The number of nitrogens with zero attached hydrogens (tertiary/aromatic N) is 2. The number of carbonyl (C=O) groups is 1. The van der Waals surface area contributed by atoms with Crippen LogP contribution in [0.2, 0.25) is 0 Å². The molecule has 1 aliphatic heterocycles. The van der Waals surface area contributed by atoms with E-state index in [2.05, 4.69) is 48.3 Å². The van der Waals surface area contributed by atoms with E-state index in [0.717, 1.165) is 39.0 Å². The SMILES string of the molecule is CCN(CC)CCN1CNC(CCc2ccccc2)C1=O. The van der Waals surface area contributed by atoms with Gasteiger partial charge in [-0.2, -0.15) is 0 Å². The summed E-state index contributed by atoms with van der Waals surface area (Å²) in [5.41, 5.74) is 1.30. The van der Waals surface area contributed by atoms with E-state index in [0.29, 0.717) is 6.67 Å². The van der Waals surface area contributed by atoms with Gasteiger partial charge >= 0.3 is 0 Å². The first-order valence-corrected chi connectivity index (χ1v) is 8.03. The van der Waals surface area contributed by atoms with E-state index in [-0.39, 0.29) is 11.9 Å². The molecule has 1 aromatic carbocycles. The molecule has 1 aromatic rings. The lowest BCUT2D eigenvalue weighted by Crippen LogP contribution is -2.37. The molecule has 116 valence electrons. The molecule has 2 rings (SSSR count). The summed E-state index contributed by atoms with van der Waals surface area (Å²) in [7, 11) is 0. The number of amides is 1. The van der Waals surface area contributed by atoms with Crippen LogP contribution in [0, 0.1) is 0 Å². The van der Waals surface area contributed by atoms with Crippen molar-refractivity contribution in [1.29, 1.82) is 0 Å². The normalized spacial score (nSPS) is 18.7. The van der Waals surface area contributed by atoms with E-state index in [4.69, 9.17) is 0 Å². The third-order valence-corrected chi connectivity index (χ3v) is 4.28. The van der Waals surface area contributed by atoms with Gasteiger partial charge in [0, 0.05) is 13.1 Å². The molecule has 0 bridgehead atoms. The van der Waals surface area contributed by atoms with Gasteiger partial charge in [0.2, 0.25) is 5.91 Å². The second-order valence-electron chi connectivity index (χ2n) is 5.57. The zero-order valence-electron chi connectivity index (χ0n) is 13.2. The number of likely N-dealkylation sites (N-methyl/N-ethyl adjacent to an activating group) is 1. The van der Waals surface area contributed by atoms with Crippen molar-refractivity contribution >= 4 is 5.91 Å². The van der Waals surface area contributed by atoms with Crippen LogP contribution in [0.5, 0.6) is 0 Å². The molecule has 1 unspecified atom stereocenters. The second-order valence-corrected chi connectivity index (χ2v) is 5.57. The van der Waals surface area contributed by atoms with Crippen LogP contribution in [0.25, 0.3) is 0 Å². The van der Waals surface area contributed by atoms with Gasteiger partial charge in [-0.15, -0.1) is 0 Å². The van der Waals surface area contributed by atoms with Gasteiger partial charge < -0.3 is 9.80 Å². The van der Waals surface area contributed by atoms with Crippen LogP contribution >= 0.6 is 0 Å². The zero-order valence-corrected chi connectivity index (χ0v) is 13.2. The Kier molecular flexibility index (Phi) is 6.21. The monoisotopic (exact) mass is 289 g/mol. The fourth-order valence-electron chi connectivity index (χ4n) is 2.78. The number of benzene rings is 1. The largest absolute Gasteiger partial charge is 0.327 e. The maximum atomic E-state index is 12.4. The highest BCUT2D eigenvalue weighted by atomic mass is 16.2. The lowest BCUT2D eigenvalue weighted by Gasteiger charge is -2.22. The van der Waals surface area contributed by atoms with Crippen molar-refractivity contribution in [2.75, 3.05) is 32.8 Å². The van der Waals surface area contributed by atoms with Gasteiger partial charge in [0.25, 0.3) is 0 Å². The fraction of sp³-hybridized carbons (Fsp3) is 0.588. The Morgan fingerprint density at radius 1 is 1.24 bits per heavy atom. The molecule has 4 heteroatoms. The van der Waals surface area contributed by atoms with Crippen LogP contribution in [0.1, 0.15) is 25.8 Å². The number of hydrogen-bond donors (Lipinski definition) is 1. The van der Waals surface area contributed by atoms with Crippen molar-refractivity contribution in [3.05, 3.63) is 35.9 Å². The summed E-state index contributed by atoms with van der Waals surface area (Å²) in [4.78, 5) is 16.7. The number of carbonyl (C=O) groups excluding carboxylic acids is 1. The van der Waals surface area contributed by atoms with Crippen molar-refractivity contribution in [1.82, 2.24) is 15.1 Å². The molecule has 1 fully saturated rings. The van der Waals surface area contributed by atoms with Crippen LogP contribution in [0.3, 0.4) is 0 Å². The van der Waals surface area contributed by atoms with E-state index >= 15 is 0 Å². The van der Waals surface area contributed by atoms with E-state index in [1.54, 1.807) is 0 Å². The molecule has 0 saturated carbocycles. The summed E-state index contributed by atoms with van der Waals surface area (Å²) in [6, 6.07) is 10.4. The maximum Gasteiger partial charge on any atom is 0.240 e. The lowest BCUT2D eigenvalue weighted by atomic mass is 10.1. The van der Waals surface area contributed by atoms with Crippen LogP contribution in [-0.4, -0.2) is 54.6 Å². The van der Waals surface area contributed by atoms with Gasteiger partial charge in [0.05, 0.1) is 12.7 Å². The van der Waals surface area contributed by atoms with Crippen LogP contribution in [-0.2, 0) is 11.2 Å². The molecule has 1 atom stereocenters. The van der Waals surface area contributed by atoms with E-state index in [1.165, 1.54) is 5.56 Å². The summed E-state index contributed by atoms with van der Waals surface area (Å²) < 4.78 is 0. The summed E-state index contributed by atoms with van der Waals surface area (Å²) in [6.07, 6.45) is 1.83. The third kappa shape index (κ3) is 4.55. The summed E-state index contributed by atoms with van der Waals surface area (Å²) in [5.74, 6) is 0.262. The molecular formula is C17H27N3O. The van der Waals surface area contributed by atoms with Crippen LogP contribution in [0.4, 0.5) is 0 Å². The molecule has 1 amide bonds. The lowest BCUT2D eigenvalue weighted by molar-refractivity contribution is -0.129. The van der Waals surface area contributed by atoms with E-state index in [1.807, 2.05) is 11.0 Å². The maximum absolute atomic E-state index is 12.4. The third-order valence-electron chi connectivity index (χ3n) is 4.28. The van der Waals surface area contributed by atoms with Gasteiger partial charge in [-0.05, 0) is 31.5 Å². The van der Waals surface area contributed by atoms with E-state index < -0.39 is 0 Å². The molecule has 1 aliphatic rings. The Morgan fingerprint density at radius 3 is 2.62 bits per heavy atom. The van der Waals surface area contributed by atoms with Gasteiger partial charge in [0.15, 0.2) is 0 Å². The minimum absolute atomic E-state index is 0.0121. The molecule has 21 heavy (non-hydrogen) atoms. The number of aryl methyl sites for hydroxylation is 1. The molecule has 0 spiro atoms. The Hall–Kier alpha value is -1.39. The highest BCUT2D eigenvalue weighted by Crippen LogP contribution is 2.11. The smallest absolute Gasteiger partial charge is 0.240 e. The molecule has 0 aliphatic carbocycles. The van der Waals surface area contributed by atoms with Crippen molar-refractivity contribution in [2.24, 2.45) is 0 Å². The van der Waals surface area contributed by atoms with E-state index in [9.17, 15) is 4.79 Å². The molecule has 0 aromatic heterocycles. The standard InChI is InChI=1S/C17H27N3O/c1-3-19(4-2)12-13-20-14-18-16(17(20)21)11-10-15-8-6-5-7-9-15/h5-9,16,18H,3-4,10-14H2,1-2H3. The summed E-state index contributed by atoms with van der Waals surface area (Å²) in [5, 5.41) is 3.34. The van der Waals surface area contributed by atoms with Gasteiger partial charge in [-0.25, -0.2) is 0 Å². The molecule has 1 N–H and O–H groups in total. The fourth-order valence-corrected chi connectivity index (χ4v) is 2.78. The average Bonchev–Trinajstić information content (AvgIpc) is 2.88. The topological polar surface area (TPSA) is 35.6 Å². The first-order valence-electron chi connectivity index (χ1n) is 8.03. The zero-order chi connectivity index (χ0) is 15.1. The predicted octanol–water partition coefficient (Wildman–Crippen LogP) is 1.72. The van der Waals surface area contributed by atoms with Crippen molar-refractivity contribution in [3.8, 4) is 0 Å². The average molecular weight is 289 g/mol.